The van der Waals surface area contributed by atoms with Gasteiger partial charge in [0.05, 0.1) is 5.69 Å². The van der Waals surface area contributed by atoms with E-state index >= 15 is 0 Å². The summed E-state index contributed by atoms with van der Waals surface area (Å²) < 4.78 is 15.3. The predicted molar refractivity (Wildman–Crippen MR) is 96.0 cm³/mol. The van der Waals surface area contributed by atoms with Crippen LogP contribution in [0, 0.1) is 6.92 Å². The van der Waals surface area contributed by atoms with Crippen LogP contribution >= 0.6 is 0 Å². The second-order valence-corrected chi connectivity index (χ2v) is 6.06. The lowest BCUT2D eigenvalue weighted by molar-refractivity contribution is -0.119. The predicted octanol–water partition coefficient (Wildman–Crippen LogP) is 2.13. The Kier molecular flexibility index (Phi) is 5.08. The van der Waals surface area contributed by atoms with Gasteiger partial charge in [-0.05, 0) is 31.5 Å². The number of hydrogen-bond acceptors (Lipinski definition) is 8. The largest absolute Gasteiger partial charge is 0.504 e. The van der Waals surface area contributed by atoms with Crippen LogP contribution in [0.5, 0.6) is 23.0 Å². The third kappa shape index (κ3) is 3.68. The van der Waals surface area contributed by atoms with Crippen molar-refractivity contribution in [1.82, 2.24) is 0 Å². The van der Waals surface area contributed by atoms with Gasteiger partial charge >= 0.3 is 5.97 Å². The molecule has 0 radical (unpaired) electrons. The normalized spacial score (nSPS) is 11.8. The number of rotatable bonds is 5. The van der Waals surface area contributed by atoms with Crippen LogP contribution in [0.4, 0.5) is 5.69 Å². The van der Waals surface area contributed by atoms with Gasteiger partial charge in [0.2, 0.25) is 6.79 Å². The van der Waals surface area contributed by atoms with Crippen molar-refractivity contribution in [1.29, 1.82) is 0 Å². The van der Waals surface area contributed by atoms with Crippen LogP contribution in [0.25, 0.3) is 0 Å². The van der Waals surface area contributed by atoms with Gasteiger partial charge < -0.3 is 29.7 Å². The molecule has 9 nitrogen and oxygen atoms in total. The zero-order chi connectivity index (χ0) is 20.4. The van der Waals surface area contributed by atoms with Gasteiger partial charge in [0.15, 0.2) is 35.4 Å². The quantitative estimate of drug-likeness (QED) is 0.404. The van der Waals surface area contributed by atoms with E-state index in [0.29, 0.717) is 17.1 Å². The average molecular weight is 387 g/mol. The van der Waals surface area contributed by atoms with Gasteiger partial charge in [-0.1, -0.05) is 6.07 Å². The van der Waals surface area contributed by atoms with Gasteiger partial charge in [0, 0.05) is 11.6 Å². The number of Topliss-reactive ketones (excluding diaryl/α,β-unsaturated/α-hetero) is 1. The first-order valence-corrected chi connectivity index (χ1v) is 8.21. The molecule has 2 aromatic rings. The summed E-state index contributed by atoms with van der Waals surface area (Å²) in [5.41, 5.74) is 0.508. The Morgan fingerprint density at radius 3 is 2.43 bits per heavy atom. The number of phenolic OH excluding ortho intramolecular Hbond substituents is 2. The van der Waals surface area contributed by atoms with Crippen molar-refractivity contribution in [3.05, 3.63) is 41.0 Å². The molecule has 0 unspecified atom stereocenters. The minimum Gasteiger partial charge on any atom is -0.504 e. The molecule has 0 fully saturated rings. The number of nitrogens with one attached hydrogen (secondary N) is 1. The highest BCUT2D eigenvalue weighted by atomic mass is 16.7. The molecule has 0 atom stereocenters. The Bertz CT molecular complexity index is 982. The lowest BCUT2D eigenvalue weighted by atomic mass is 10.1. The third-order valence-electron chi connectivity index (χ3n) is 4.07. The second-order valence-electron chi connectivity index (χ2n) is 6.06. The number of fused-ring (bicyclic) bond motifs is 1. The van der Waals surface area contributed by atoms with Crippen molar-refractivity contribution in [2.75, 3.05) is 18.7 Å². The maximum absolute atomic E-state index is 12.1. The van der Waals surface area contributed by atoms with Crippen molar-refractivity contribution in [2.45, 2.75) is 13.8 Å². The molecule has 0 aromatic heterocycles. The van der Waals surface area contributed by atoms with Crippen LogP contribution in [-0.2, 0) is 9.53 Å². The van der Waals surface area contributed by atoms with E-state index in [1.807, 2.05) is 0 Å². The molecule has 1 aliphatic rings. The van der Waals surface area contributed by atoms with Gasteiger partial charge in [-0.25, -0.2) is 4.79 Å². The molecule has 1 amide bonds. The first-order chi connectivity index (χ1) is 13.3. The Labute approximate surface area is 159 Å². The highest BCUT2D eigenvalue weighted by Crippen LogP contribution is 2.37. The fraction of sp³-hybridized carbons (Fsp3) is 0.211. The van der Waals surface area contributed by atoms with E-state index in [-0.39, 0.29) is 29.4 Å². The number of esters is 1. The molecular weight excluding hydrogens is 370 g/mol. The van der Waals surface area contributed by atoms with Crippen LogP contribution in [0.1, 0.15) is 33.2 Å². The van der Waals surface area contributed by atoms with Crippen molar-refractivity contribution in [2.24, 2.45) is 0 Å². The summed E-state index contributed by atoms with van der Waals surface area (Å²) in [6.07, 6.45) is 0. The molecule has 1 aliphatic heterocycles. The Morgan fingerprint density at radius 1 is 1.07 bits per heavy atom. The molecule has 1 heterocycles. The fourth-order valence-electron chi connectivity index (χ4n) is 2.58. The Hall–Kier alpha value is -3.75. The molecule has 0 spiro atoms. The maximum atomic E-state index is 12.1. The van der Waals surface area contributed by atoms with Crippen LogP contribution in [0.3, 0.4) is 0 Å². The molecule has 3 rings (SSSR count). The highest BCUT2D eigenvalue weighted by Gasteiger charge is 2.22. The standard InChI is InChI=1S/C19H17NO8/c1-9-3-4-11(18(24)17(9)23)19(25)26-7-16(22)20-13-6-15-14(27-8-28-15)5-12(13)10(2)21/h3-6,23-24H,7-8H2,1-2H3,(H,20,22). The lowest BCUT2D eigenvalue weighted by Crippen LogP contribution is -2.22. The summed E-state index contributed by atoms with van der Waals surface area (Å²) in [4.78, 5) is 36.0. The topological polar surface area (TPSA) is 131 Å². The molecule has 9 heteroatoms. The Morgan fingerprint density at radius 2 is 1.75 bits per heavy atom. The smallest absolute Gasteiger partial charge is 0.342 e. The number of amides is 1. The number of carbonyl (C=O) groups is 3. The van der Waals surface area contributed by atoms with E-state index < -0.39 is 30.0 Å². The van der Waals surface area contributed by atoms with Gasteiger partial charge in [-0.3, -0.25) is 9.59 Å². The molecule has 2 aromatic carbocycles. The van der Waals surface area contributed by atoms with Gasteiger partial charge in [-0.15, -0.1) is 0 Å². The van der Waals surface area contributed by atoms with E-state index in [1.54, 1.807) is 6.92 Å². The van der Waals surface area contributed by atoms with E-state index in [1.165, 1.54) is 31.2 Å². The number of benzene rings is 2. The highest BCUT2D eigenvalue weighted by molar-refractivity contribution is 6.05. The van der Waals surface area contributed by atoms with Gasteiger partial charge in [0.1, 0.15) is 5.56 Å². The number of aromatic hydroxyl groups is 2. The van der Waals surface area contributed by atoms with Crippen LogP contribution < -0.4 is 14.8 Å². The molecule has 0 bridgehead atoms. The number of ketones is 1. The van der Waals surface area contributed by atoms with E-state index in [4.69, 9.17) is 14.2 Å². The monoisotopic (exact) mass is 387 g/mol. The number of anilines is 1. The number of aryl methyl sites for hydroxylation is 1. The van der Waals surface area contributed by atoms with Crippen molar-refractivity contribution < 1.29 is 38.8 Å². The first-order valence-electron chi connectivity index (χ1n) is 8.21. The summed E-state index contributed by atoms with van der Waals surface area (Å²) in [5, 5.41) is 22.0. The molecule has 28 heavy (non-hydrogen) atoms. The van der Waals surface area contributed by atoms with Crippen LogP contribution in [0.15, 0.2) is 24.3 Å². The molecule has 0 saturated carbocycles. The molecule has 146 valence electrons. The van der Waals surface area contributed by atoms with Crippen molar-refractivity contribution in [3.63, 3.8) is 0 Å². The summed E-state index contributed by atoms with van der Waals surface area (Å²) in [5.74, 6) is -2.29. The van der Waals surface area contributed by atoms with E-state index in [2.05, 4.69) is 5.32 Å². The minimum absolute atomic E-state index is 0.00851. The van der Waals surface area contributed by atoms with Crippen LogP contribution in [0.2, 0.25) is 0 Å². The third-order valence-corrected chi connectivity index (χ3v) is 4.07. The van der Waals surface area contributed by atoms with E-state index in [0.717, 1.165) is 0 Å². The summed E-state index contributed by atoms with van der Waals surface area (Å²) >= 11 is 0. The minimum atomic E-state index is -0.986. The Balaban J connectivity index is 1.69. The number of hydrogen-bond donors (Lipinski definition) is 3. The van der Waals surface area contributed by atoms with Gasteiger partial charge in [-0.2, -0.15) is 0 Å². The first kappa shape index (κ1) is 19.0. The SMILES string of the molecule is CC(=O)c1cc2c(cc1NC(=O)COC(=O)c1ccc(C)c(O)c1O)OCO2. The van der Waals surface area contributed by atoms with E-state index in [9.17, 15) is 24.6 Å². The zero-order valence-electron chi connectivity index (χ0n) is 15.1. The van der Waals surface area contributed by atoms with Gasteiger partial charge in [0.25, 0.3) is 5.91 Å². The molecule has 0 saturated heterocycles. The van der Waals surface area contributed by atoms with Crippen molar-refractivity contribution >= 4 is 23.3 Å². The fourth-order valence-corrected chi connectivity index (χ4v) is 2.58. The average Bonchev–Trinajstić information content (AvgIpc) is 3.11. The summed E-state index contributed by atoms with van der Waals surface area (Å²) in [6, 6.07) is 5.61. The number of phenols is 2. The summed E-state index contributed by atoms with van der Waals surface area (Å²) in [6.45, 7) is 2.22. The number of ether oxygens (including phenoxy) is 3. The number of carbonyl (C=O) groups excluding carboxylic acids is 3. The summed E-state index contributed by atoms with van der Waals surface area (Å²) in [7, 11) is 0. The maximum Gasteiger partial charge on any atom is 0.342 e. The zero-order valence-corrected chi connectivity index (χ0v) is 15.1. The molecule has 0 aliphatic carbocycles. The molecular formula is C19H17NO8. The lowest BCUT2D eigenvalue weighted by Gasteiger charge is -2.11. The van der Waals surface area contributed by atoms with Crippen LogP contribution in [-0.4, -0.2) is 41.3 Å². The molecule has 3 N–H and O–H groups in total. The van der Waals surface area contributed by atoms with Crippen molar-refractivity contribution in [3.8, 4) is 23.0 Å². The second kappa shape index (κ2) is 7.47.